The molecule has 10 heteroatoms. The number of rotatable bonds is 10. The lowest BCUT2D eigenvalue weighted by atomic mass is 10.0. The van der Waals surface area contributed by atoms with Gasteiger partial charge in [-0.15, -0.1) is 0 Å². The average molecular weight is 619 g/mol. The number of halogens is 2. The van der Waals surface area contributed by atoms with Crippen LogP contribution in [0.2, 0.25) is 10.0 Å². The molecule has 0 saturated carbocycles. The molecule has 3 rings (SSSR count). The summed E-state index contributed by atoms with van der Waals surface area (Å²) in [6.07, 6.45) is 0.327. The second-order valence-corrected chi connectivity index (χ2v) is 13.8. The Bertz CT molecular complexity index is 1480. The SMILES string of the molecule is CCC(C(=O)NC(C)(C)C)N(Cc1ccccc1C)C(=O)CN(c1cc(Cl)cc(Cl)c1)S(=O)(=O)c1ccc(C)cc1. The van der Waals surface area contributed by atoms with Crippen LogP contribution in [0.4, 0.5) is 5.69 Å². The van der Waals surface area contributed by atoms with Crippen molar-refractivity contribution in [2.75, 3.05) is 10.8 Å². The van der Waals surface area contributed by atoms with Crippen molar-refractivity contribution in [2.45, 2.75) is 71.0 Å². The summed E-state index contributed by atoms with van der Waals surface area (Å²) in [5.41, 5.74) is 2.29. The van der Waals surface area contributed by atoms with Gasteiger partial charge in [-0.25, -0.2) is 8.42 Å². The van der Waals surface area contributed by atoms with Gasteiger partial charge in [0.05, 0.1) is 10.6 Å². The quantitative estimate of drug-likeness (QED) is 0.280. The van der Waals surface area contributed by atoms with E-state index in [2.05, 4.69) is 5.32 Å². The van der Waals surface area contributed by atoms with Crippen LogP contribution in [0.1, 0.15) is 50.8 Å². The van der Waals surface area contributed by atoms with E-state index in [0.29, 0.717) is 6.42 Å². The molecule has 0 spiro atoms. The highest BCUT2D eigenvalue weighted by molar-refractivity contribution is 7.92. The van der Waals surface area contributed by atoms with E-state index in [1.165, 1.54) is 35.2 Å². The molecule has 3 aromatic rings. The van der Waals surface area contributed by atoms with Gasteiger partial charge in [-0.2, -0.15) is 0 Å². The predicted octanol–water partition coefficient (Wildman–Crippen LogP) is 6.53. The van der Waals surface area contributed by atoms with Gasteiger partial charge in [0.15, 0.2) is 0 Å². The zero-order valence-electron chi connectivity index (χ0n) is 24.2. The molecular formula is C31H37Cl2N3O4S. The van der Waals surface area contributed by atoms with Gasteiger partial charge in [-0.3, -0.25) is 13.9 Å². The van der Waals surface area contributed by atoms with E-state index in [1.807, 2.05) is 65.8 Å². The number of benzene rings is 3. The van der Waals surface area contributed by atoms with Crippen LogP contribution >= 0.6 is 23.2 Å². The Morgan fingerprint density at radius 2 is 1.51 bits per heavy atom. The van der Waals surface area contributed by atoms with Gasteiger partial charge < -0.3 is 10.2 Å². The largest absolute Gasteiger partial charge is 0.350 e. The molecule has 0 saturated heterocycles. The summed E-state index contributed by atoms with van der Waals surface area (Å²) in [6.45, 7) is 10.7. The smallest absolute Gasteiger partial charge is 0.264 e. The highest BCUT2D eigenvalue weighted by Gasteiger charge is 2.35. The van der Waals surface area contributed by atoms with Gasteiger partial charge in [0.1, 0.15) is 12.6 Å². The van der Waals surface area contributed by atoms with Crippen molar-refractivity contribution in [2.24, 2.45) is 0 Å². The van der Waals surface area contributed by atoms with Gasteiger partial charge in [-0.1, -0.05) is 72.1 Å². The topological polar surface area (TPSA) is 86.8 Å². The van der Waals surface area contributed by atoms with Crippen LogP contribution in [-0.4, -0.2) is 43.3 Å². The van der Waals surface area contributed by atoms with Crippen LogP contribution < -0.4 is 9.62 Å². The first-order valence-electron chi connectivity index (χ1n) is 13.3. The fourth-order valence-electron chi connectivity index (χ4n) is 4.39. The third-order valence-electron chi connectivity index (χ3n) is 6.51. The Kier molecular flexibility index (Phi) is 10.5. The average Bonchev–Trinajstić information content (AvgIpc) is 2.86. The van der Waals surface area contributed by atoms with Crippen LogP contribution in [0.5, 0.6) is 0 Å². The molecule has 1 atom stereocenters. The van der Waals surface area contributed by atoms with Gasteiger partial charge >= 0.3 is 0 Å². The van der Waals surface area contributed by atoms with Crippen LogP contribution in [-0.2, 0) is 26.2 Å². The maximum Gasteiger partial charge on any atom is 0.264 e. The molecule has 0 aromatic heterocycles. The third kappa shape index (κ3) is 8.47. The van der Waals surface area contributed by atoms with Crippen LogP contribution in [0.3, 0.4) is 0 Å². The maximum atomic E-state index is 14.2. The van der Waals surface area contributed by atoms with E-state index < -0.39 is 34.1 Å². The molecule has 0 aliphatic rings. The van der Waals surface area contributed by atoms with Crippen molar-refractivity contribution in [1.29, 1.82) is 0 Å². The first-order valence-corrected chi connectivity index (χ1v) is 15.5. The van der Waals surface area contributed by atoms with Crippen LogP contribution in [0.15, 0.2) is 71.6 Å². The molecule has 0 fully saturated rings. The highest BCUT2D eigenvalue weighted by atomic mass is 35.5. The van der Waals surface area contributed by atoms with Crippen LogP contribution in [0, 0.1) is 13.8 Å². The lowest BCUT2D eigenvalue weighted by molar-refractivity contribution is -0.141. The zero-order chi connectivity index (χ0) is 30.5. The number of carbonyl (C=O) groups excluding carboxylic acids is 2. The minimum absolute atomic E-state index is 0.00923. The number of amides is 2. The molecule has 0 heterocycles. The minimum Gasteiger partial charge on any atom is -0.350 e. The molecule has 0 aliphatic heterocycles. The first kappa shape index (κ1) is 32.4. The normalized spacial score (nSPS) is 12.5. The lowest BCUT2D eigenvalue weighted by Gasteiger charge is -2.35. The number of hydrogen-bond donors (Lipinski definition) is 1. The molecule has 2 amide bonds. The molecule has 1 unspecified atom stereocenters. The summed E-state index contributed by atoms with van der Waals surface area (Å²) in [6, 6.07) is 17.5. The number of aryl methyl sites for hydroxylation is 2. The van der Waals surface area contributed by atoms with E-state index in [-0.39, 0.29) is 33.1 Å². The van der Waals surface area contributed by atoms with Gasteiger partial charge in [0.25, 0.3) is 10.0 Å². The maximum absolute atomic E-state index is 14.2. The molecule has 0 bridgehead atoms. The molecule has 3 aromatic carbocycles. The van der Waals surface area contributed by atoms with E-state index in [1.54, 1.807) is 12.1 Å². The summed E-state index contributed by atoms with van der Waals surface area (Å²) in [5.74, 6) is -0.864. The van der Waals surface area contributed by atoms with E-state index in [9.17, 15) is 18.0 Å². The second kappa shape index (κ2) is 13.3. The predicted molar refractivity (Wildman–Crippen MR) is 166 cm³/mol. The Morgan fingerprint density at radius 1 is 0.927 bits per heavy atom. The van der Waals surface area contributed by atoms with Crippen molar-refractivity contribution in [1.82, 2.24) is 10.2 Å². The lowest BCUT2D eigenvalue weighted by Crippen LogP contribution is -2.55. The summed E-state index contributed by atoms with van der Waals surface area (Å²) < 4.78 is 29.0. The number of anilines is 1. The van der Waals surface area contributed by atoms with Gasteiger partial charge in [0, 0.05) is 22.1 Å². The Morgan fingerprint density at radius 3 is 2.05 bits per heavy atom. The molecule has 1 N–H and O–H groups in total. The summed E-state index contributed by atoms with van der Waals surface area (Å²) in [7, 11) is -4.23. The zero-order valence-corrected chi connectivity index (χ0v) is 26.6. The first-order chi connectivity index (χ1) is 19.1. The fourth-order valence-corrected chi connectivity index (χ4v) is 6.31. The Balaban J connectivity index is 2.12. The van der Waals surface area contributed by atoms with Crippen molar-refractivity contribution in [3.8, 4) is 0 Å². The number of nitrogens with zero attached hydrogens (tertiary/aromatic N) is 2. The van der Waals surface area contributed by atoms with Crippen LogP contribution in [0.25, 0.3) is 0 Å². The minimum atomic E-state index is -4.23. The van der Waals surface area contributed by atoms with E-state index in [4.69, 9.17) is 23.2 Å². The third-order valence-corrected chi connectivity index (χ3v) is 8.73. The number of sulfonamides is 1. The molecule has 0 aliphatic carbocycles. The van der Waals surface area contributed by atoms with Gasteiger partial charge in [-0.05, 0) is 82.5 Å². The fraction of sp³-hybridized carbons (Fsp3) is 0.355. The Labute approximate surface area is 253 Å². The summed E-state index contributed by atoms with van der Waals surface area (Å²) >= 11 is 12.5. The molecular weight excluding hydrogens is 581 g/mol. The van der Waals surface area contributed by atoms with Crippen molar-refractivity contribution in [3.63, 3.8) is 0 Å². The van der Waals surface area contributed by atoms with E-state index in [0.717, 1.165) is 21.0 Å². The van der Waals surface area contributed by atoms with E-state index >= 15 is 0 Å². The highest BCUT2D eigenvalue weighted by Crippen LogP contribution is 2.30. The van der Waals surface area contributed by atoms with Crippen molar-refractivity contribution >= 4 is 50.7 Å². The summed E-state index contributed by atoms with van der Waals surface area (Å²) in [4.78, 5) is 29.1. The van der Waals surface area contributed by atoms with Gasteiger partial charge in [0.2, 0.25) is 11.8 Å². The molecule has 0 radical (unpaired) electrons. The summed E-state index contributed by atoms with van der Waals surface area (Å²) in [5, 5.41) is 3.41. The number of carbonyl (C=O) groups is 2. The number of hydrogen-bond acceptors (Lipinski definition) is 4. The van der Waals surface area contributed by atoms with Crippen molar-refractivity contribution < 1.29 is 18.0 Å². The monoisotopic (exact) mass is 617 g/mol. The molecule has 220 valence electrons. The standard InChI is InChI=1S/C31H37Cl2N3O4S/c1-7-28(30(38)34-31(4,5)6)35(19-23-11-9-8-10-22(23)3)29(37)20-36(26-17-24(32)16-25(33)18-26)41(39,40)27-14-12-21(2)13-15-27/h8-18,28H,7,19-20H2,1-6H3,(H,34,38). The molecule has 7 nitrogen and oxygen atoms in total. The molecule has 41 heavy (non-hydrogen) atoms. The second-order valence-electron chi connectivity index (χ2n) is 11.1. The Hall–Kier alpha value is -3.07. The van der Waals surface area contributed by atoms with Crippen molar-refractivity contribution in [3.05, 3.63) is 93.5 Å². The number of nitrogens with one attached hydrogen (secondary N) is 1.